The minimum Gasteiger partial charge on any atom is -0.462 e. The molecule has 352 valence electrons. The van der Waals surface area contributed by atoms with E-state index in [4.69, 9.17) is 14.2 Å². The van der Waals surface area contributed by atoms with Crippen molar-refractivity contribution in [3.05, 3.63) is 24.3 Å². The molecular formula is C54H100O6. The average Bonchev–Trinajstić information content (AvgIpc) is 3.24. The molecule has 0 aromatic heterocycles. The lowest BCUT2D eigenvalue weighted by molar-refractivity contribution is -0.167. The predicted octanol–water partition coefficient (Wildman–Crippen LogP) is 17.2. The second kappa shape index (κ2) is 49.5. The van der Waals surface area contributed by atoms with Gasteiger partial charge in [0.15, 0.2) is 6.10 Å². The van der Waals surface area contributed by atoms with Gasteiger partial charge in [-0.15, -0.1) is 0 Å². The van der Waals surface area contributed by atoms with Crippen LogP contribution in [0, 0.1) is 0 Å². The number of carbonyl (C=O) groups excluding carboxylic acids is 3. The van der Waals surface area contributed by atoms with Crippen molar-refractivity contribution in [1.82, 2.24) is 0 Å². The highest BCUT2D eigenvalue weighted by Crippen LogP contribution is 2.16. The Labute approximate surface area is 373 Å². The Morgan fingerprint density at radius 2 is 0.583 bits per heavy atom. The Bertz CT molecular complexity index is 973. The lowest BCUT2D eigenvalue weighted by Crippen LogP contribution is -2.30. The summed E-state index contributed by atoms with van der Waals surface area (Å²) in [5.41, 5.74) is 0. The van der Waals surface area contributed by atoms with E-state index >= 15 is 0 Å². The van der Waals surface area contributed by atoms with Crippen molar-refractivity contribution in [1.29, 1.82) is 0 Å². The second-order valence-corrected chi connectivity index (χ2v) is 17.8. The number of ether oxygens (including phenoxy) is 3. The molecule has 60 heavy (non-hydrogen) atoms. The molecule has 0 aliphatic carbocycles. The molecule has 0 radical (unpaired) electrons. The maximum atomic E-state index is 12.8. The predicted molar refractivity (Wildman–Crippen MR) is 256 cm³/mol. The first-order valence-electron chi connectivity index (χ1n) is 26.4. The van der Waals surface area contributed by atoms with E-state index in [-0.39, 0.29) is 31.1 Å². The zero-order valence-corrected chi connectivity index (χ0v) is 40.2. The van der Waals surface area contributed by atoms with Gasteiger partial charge in [-0.05, 0) is 44.9 Å². The zero-order valence-electron chi connectivity index (χ0n) is 40.2. The van der Waals surface area contributed by atoms with Crippen LogP contribution in [0.5, 0.6) is 0 Å². The van der Waals surface area contributed by atoms with E-state index in [0.717, 1.165) is 70.6 Å². The van der Waals surface area contributed by atoms with Crippen molar-refractivity contribution in [3.8, 4) is 0 Å². The summed E-state index contributed by atoms with van der Waals surface area (Å²) in [6.45, 7) is 6.64. The normalized spacial score (nSPS) is 12.1. The minimum absolute atomic E-state index is 0.0747. The first kappa shape index (κ1) is 57.9. The SMILES string of the molecule is CCCCCCCCC/C=C\C=C/CCCCCC(=O)OCC(COC(=O)CCCCCCCCCCCCCC)OC(=O)CCCCCCCCCCCCCCCC. The zero-order chi connectivity index (χ0) is 43.7. The molecule has 0 aromatic rings. The van der Waals surface area contributed by atoms with Crippen molar-refractivity contribution in [2.45, 2.75) is 290 Å². The van der Waals surface area contributed by atoms with Crippen molar-refractivity contribution in [2.24, 2.45) is 0 Å². The second-order valence-electron chi connectivity index (χ2n) is 17.8. The van der Waals surface area contributed by atoms with Crippen LogP contribution < -0.4 is 0 Å². The molecule has 1 atom stereocenters. The summed E-state index contributed by atoms with van der Waals surface area (Å²) in [4.78, 5) is 37.9. The van der Waals surface area contributed by atoms with Crippen LogP contribution in [0.25, 0.3) is 0 Å². The van der Waals surface area contributed by atoms with E-state index in [2.05, 4.69) is 45.1 Å². The van der Waals surface area contributed by atoms with Crippen molar-refractivity contribution < 1.29 is 28.6 Å². The molecule has 6 heteroatoms. The van der Waals surface area contributed by atoms with Crippen LogP contribution in [0.15, 0.2) is 24.3 Å². The fraction of sp³-hybridized carbons (Fsp3) is 0.870. The molecule has 0 spiro atoms. The quantitative estimate of drug-likeness (QED) is 0.0263. The maximum absolute atomic E-state index is 12.8. The van der Waals surface area contributed by atoms with Gasteiger partial charge in [-0.2, -0.15) is 0 Å². The van der Waals surface area contributed by atoms with Gasteiger partial charge in [0.2, 0.25) is 0 Å². The third-order valence-corrected chi connectivity index (χ3v) is 11.7. The van der Waals surface area contributed by atoms with Crippen molar-refractivity contribution in [2.75, 3.05) is 13.2 Å². The molecule has 0 heterocycles. The van der Waals surface area contributed by atoms with E-state index in [1.807, 2.05) is 0 Å². The molecule has 0 fully saturated rings. The van der Waals surface area contributed by atoms with Crippen molar-refractivity contribution >= 4 is 17.9 Å². The molecule has 0 aliphatic heterocycles. The van der Waals surface area contributed by atoms with Gasteiger partial charge in [0.25, 0.3) is 0 Å². The summed E-state index contributed by atoms with van der Waals surface area (Å²) in [6.07, 6.45) is 55.9. The van der Waals surface area contributed by atoms with Crippen molar-refractivity contribution in [3.63, 3.8) is 0 Å². The van der Waals surface area contributed by atoms with Crippen LogP contribution in [0.3, 0.4) is 0 Å². The summed E-state index contributed by atoms with van der Waals surface area (Å²) in [5, 5.41) is 0. The molecule has 1 unspecified atom stereocenters. The van der Waals surface area contributed by atoms with Gasteiger partial charge >= 0.3 is 17.9 Å². The molecule has 0 saturated carbocycles. The Balaban J connectivity index is 4.37. The highest BCUT2D eigenvalue weighted by Gasteiger charge is 2.19. The van der Waals surface area contributed by atoms with Gasteiger partial charge in [0.1, 0.15) is 13.2 Å². The first-order chi connectivity index (χ1) is 29.5. The Hall–Kier alpha value is -2.11. The summed E-state index contributed by atoms with van der Waals surface area (Å²) < 4.78 is 16.8. The molecule has 0 aromatic carbocycles. The van der Waals surface area contributed by atoms with Gasteiger partial charge in [-0.1, -0.05) is 244 Å². The van der Waals surface area contributed by atoms with Gasteiger partial charge < -0.3 is 14.2 Å². The van der Waals surface area contributed by atoms with Crippen LogP contribution >= 0.6 is 0 Å². The Morgan fingerprint density at radius 3 is 0.900 bits per heavy atom. The lowest BCUT2D eigenvalue weighted by atomic mass is 10.0. The first-order valence-corrected chi connectivity index (χ1v) is 26.4. The smallest absolute Gasteiger partial charge is 0.306 e. The van der Waals surface area contributed by atoms with E-state index in [0.29, 0.717) is 19.3 Å². The summed E-state index contributed by atoms with van der Waals surface area (Å²) >= 11 is 0. The van der Waals surface area contributed by atoms with E-state index in [9.17, 15) is 14.4 Å². The van der Waals surface area contributed by atoms with Crippen LogP contribution in [-0.2, 0) is 28.6 Å². The van der Waals surface area contributed by atoms with E-state index < -0.39 is 6.10 Å². The van der Waals surface area contributed by atoms with Gasteiger partial charge in [0.05, 0.1) is 0 Å². The average molecular weight is 845 g/mol. The van der Waals surface area contributed by atoms with Crippen LogP contribution in [0.1, 0.15) is 284 Å². The summed E-state index contributed by atoms with van der Waals surface area (Å²) in [6, 6.07) is 0. The van der Waals surface area contributed by atoms with Gasteiger partial charge in [0, 0.05) is 19.3 Å². The molecule has 0 amide bonds. The van der Waals surface area contributed by atoms with Crippen LogP contribution in [0.2, 0.25) is 0 Å². The third-order valence-electron chi connectivity index (χ3n) is 11.7. The Morgan fingerprint density at radius 1 is 0.333 bits per heavy atom. The third kappa shape index (κ3) is 46.9. The lowest BCUT2D eigenvalue weighted by Gasteiger charge is -2.18. The van der Waals surface area contributed by atoms with Gasteiger partial charge in [-0.3, -0.25) is 14.4 Å². The minimum atomic E-state index is -0.775. The number of rotatable bonds is 48. The molecule has 0 aliphatic rings. The largest absolute Gasteiger partial charge is 0.462 e. The van der Waals surface area contributed by atoms with E-state index in [1.165, 1.54) is 173 Å². The standard InChI is InChI=1S/C54H100O6/c1-4-7-10-13-16-19-22-25-27-28-30-32-35-38-41-44-47-53(56)59-50-51(49-58-52(55)46-43-40-37-34-31-24-21-18-15-12-9-6-3)60-54(57)48-45-42-39-36-33-29-26-23-20-17-14-11-8-5-2/h27-28,30,32,51H,4-26,29,31,33-50H2,1-3H3/b28-27-,32-30-. The topological polar surface area (TPSA) is 78.9 Å². The highest BCUT2D eigenvalue weighted by atomic mass is 16.6. The van der Waals surface area contributed by atoms with Crippen LogP contribution in [0.4, 0.5) is 0 Å². The number of esters is 3. The summed E-state index contributed by atoms with van der Waals surface area (Å²) in [5.74, 6) is -0.887. The Kier molecular flexibility index (Phi) is 47.8. The molecule has 0 saturated heterocycles. The fourth-order valence-electron chi connectivity index (χ4n) is 7.73. The number of unbranched alkanes of at least 4 members (excludes halogenated alkanes) is 34. The molecular weight excluding hydrogens is 745 g/mol. The molecule has 0 bridgehead atoms. The van der Waals surface area contributed by atoms with E-state index in [1.54, 1.807) is 0 Å². The summed E-state index contributed by atoms with van der Waals surface area (Å²) in [7, 11) is 0. The highest BCUT2D eigenvalue weighted by molar-refractivity contribution is 5.71. The number of hydrogen-bond donors (Lipinski definition) is 0. The fourth-order valence-corrected chi connectivity index (χ4v) is 7.73. The molecule has 6 nitrogen and oxygen atoms in total. The number of hydrogen-bond acceptors (Lipinski definition) is 6. The number of carbonyl (C=O) groups is 3. The molecule has 0 N–H and O–H groups in total. The maximum Gasteiger partial charge on any atom is 0.306 e. The van der Waals surface area contributed by atoms with Crippen LogP contribution in [-0.4, -0.2) is 37.2 Å². The van der Waals surface area contributed by atoms with Gasteiger partial charge in [-0.25, -0.2) is 0 Å². The molecule has 0 rings (SSSR count). The number of allylic oxidation sites excluding steroid dienone is 4. The monoisotopic (exact) mass is 845 g/mol.